The minimum Gasteiger partial charge on any atom is -0.387 e. The number of halogens is 2. The van der Waals surface area contributed by atoms with Crippen LogP contribution in [0.15, 0.2) is 12.7 Å². The summed E-state index contributed by atoms with van der Waals surface area (Å²) >= 11 is 0. The topological polar surface area (TPSA) is 74.5 Å². The van der Waals surface area contributed by atoms with E-state index >= 15 is 0 Å². The minimum absolute atomic E-state index is 0.140. The van der Waals surface area contributed by atoms with E-state index in [1.165, 1.54) is 17.3 Å². The Kier molecular flexibility index (Phi) is 4.57. The molecule has 0 aromatic carbocycles. The van der Waals surface area contributed by atoms with Crippen molar-refractivity contribution in [3.63, 3.8) is 0 Å². The summed E-state index contributed by atoms with van der Waals surface area (Å²) in [6.07, 6.45) is 2.96. The summed E-state index contributed by atoms with van der Waals surface area (Å²) in [5.74, 6) is -2.74. The molecule has 1 amide bonds. The standard InChI is InChI=1S/C16H25F2N5O2/c1-14(2,23-12-19-11-20-23)13(24)22-8-3-15(25,10-22)9-21-6-4-16(17,18)5-7-21/h11-12,25H,3-10H2,1-2H3. The Labute approximate surface area is 145 Å². The second-order valence-electron chi connectivity index (χ2n) is 7.73. The first-order valence-electron chi connectivity index (χ1n) is 8.58. The van der Waals surface area contributed by atoms with Crippen LogP contribution in [-0.2, 0) is 10.3 Å². The van der Waals surface area contributed by atoms with Gasteiger partial charge in [0.25, 0.3) is 5.92 Å². The van der Waals surface area contributed by atoms with Gasteiger partial charge in [0, 0.05) is 39.0 Å². The molecule has 7 nitrogen and oxygen atoms in total. The van der Waals surface area contributed by atoms with Crippen molar-refractivity contribution in [1.29, 1.82) is 0 Å². The van der Waals surface area contributed by atoms with Crippen LogP contribution in [0.2, 0.25) is 0 Å². The van der Waals surface area contributed by atoms with Crippen molar-refractivity contribution in [1.82, 2.24) is 24.6 Å². The molecule has 9 heteroatoms. The van der Waals surface area contributed by atoms with E-state index in [-0.39, 0.29) is 38.4 Å². The van der Waals surface area contributed by atoms with Crippen LogP contribution >= 0.6 is 0 Å². The fraction of sp³-hybridized carbons (Fsp3) is 0.812. The Morgan fingerprint density at radius 2 is 1.92 bits per heavy atom. The van der Waals surface area contributed by atoms with Gasteiger partial charge < -0.3 is 10.0 Å². The van der Waals surface area contributed by atoms with Gasteiger partial charge in [-0.2, -0.15) is 5.10 Å². The molecule has 1 unspecified atom stereocenters. The lowest BCUT2D eigenvalue weighted by Crippen LogP contribution is -2.51. The van der Waals surface area contributed by atoms with Crippen molar-refractivity contribution in [2.24, 2.45) is 0 Å². The number of β-amino-alcohol motifs (C(OH)–C–C–N with tert-alkyl or cyclic N) is 1. The van der Waals surface area contributed by atoms with Crippen LogP contribution in [-0.4, -0.2) is 79.8 Å². The van der Waals surface area contributed by atoms with E-state index in [0.29, 0.717) is 19.5 Å². The average molecular weight is 357 g/mol. The zero-order valence-corrected chi connectivity index (χ0v) is 14.7. The monoisotopic (exact) mass is 357 g/mol. The third-order valence-corrected chi connectivity index (χ3v) is 5.24. The summed E-state index contributed by atoms with van der Waals surface area (Å²) in [5.41, 5.74) is -1.95. The Bertz CT molecular complexity index is 612. The van der Waals surface area contributed by atoms with E-state index in [4.69, 9.17) is 0 Å². The fourth-order valence-electron chi connectivity index (χ4n) is 3.60. The Morgan fingerprint density at radius 3 is 2.52 bits per heavy atom. The molecule has 1 N–H and O–H groups in total. The van der Waals surface area contributed by atoms with Gasteiger partial charge >= 0.3 is 0 Å². The maximum atomic E-state index is 13.3. The molecule has 0 spiro atoms. The highest BCUT2D eigenvalue weighted by atomic mass is 19.3. The van der Waals surface area contributed by atoms with Crippen LogP contribution in [0.25, 0.3) is 0 Å². The van der Waals surface area contributed by atoms with E-state index in [0.717, 1.165) is 0 Å². The first-order valence-corrected chi connectivity index (χ1v) is 8.58. The molecule has 2 fully saturated rings. The highest BCUT2D eigenvalue weighted by Gasteiger charge is 2.45. The summed E-state index contributed by atoms with van der Waals surface area (Å²) in [5, 5.41) is 14.9. The summed E-state index contributed by atoms with van der Waals surface area (Å²) in [6.45, 7) is 5.02. The molecule has 2 aliphatic heterocycles. The van der Waals surface area contributed by atoms with Crippen molar-refractivity contribution >= 4 is 5.91 Å². The molecule has 0 saturated carbocycles. The molecular formula is C16H25F2N5O2. The molecule has 140 valence electrons. The molecule has 3 heterocycles. The van der Waals surface area contributed by atoms with Crippen molar-refractivity contribution in [3.05, 3.63) is 12.7 Å². The van der Waals surface area contributed by atoms with E-state index in [1.807, 2.05) is 4.90 Å². The fourth-order valence-corrected chi connectivity index (χ4v) is 3.60. The predicted octanol–water partition coefficient (Wildman–Crippen LogP) is 0.708. The van der Waals surface area contributed by atoms with Gasteiger partial charge in [-0.05, 0) is 20.3 Å². The second kappa shape index (κ2) is 6.28. The van der Waals surface area contributed by atoms with Gasteiger partial charge in [-0.25, -0.2) is 18.4 Å². The number of piperidine rings is 1. The maximum absolute atomic E-state index is 13.3. The third-order valence-electron chi connectivity index (χ3n) is 5.24. The number of hydrogen-bond acceptors (Lipinski definition) is 5. The molecular weight excluding hydrogens is 332 g/mol. The average Bonchev–Trinajstić information content (AvgIpc) is 3.19. The van der Waals surface area contributed by atoms with Gasteiger partial charge in [0.2, 0.25) is 5.91 Å². The number of hydrogen-bond donors (Lipinski definition) is 1. The summed E-state index contributed by atoms with van der Waals surface area (Å²) < 4.78 is 28.0. The quantitative estimate of drug-likeness (QED) is 0.859. The highest BCUT2D eigenvalue weighted by molar-refractivity contribution is 5.84. The maximum Gasteiger partial charge on any atom is 0.250 e. The lowest BCUT2D eigenvalue weighted by atomic mass is 9.99. The first kappa shape index (κ1) is 18.2. The molecule has 2 saturated heterocycles. The van der Waals surface area contributed by atoms with Crippen molar-refractivity contribution in [3.8, 4) is 0 Å². The van der Waals surface area contributed by atoms with Crippen LogP contribution < -0.4 is 0 Å². The van der Waals surface area contributed by atoms with Crippen LogP contribution in [0.1, 0.15) is 33.1 Å². The third kappa shape index (κ3) is 3.82. The number of amides is 1. The number of nitrogens with zero attached hydrogens (tertiary/aromatic N) is 5. The molecule has 0 bridgehead atoms. The highest BCUT2D eigenvalue weighted by Crippen LogP contribution is 2.31. The lowest BCUT2D eigenvalue weighted by molar-refractivity contribution is -0.140. The number of aliphatic hydroxyl groups is 1. The molecule has 0 aliphatic carbocycles. The molecule has 1 aromatic heterocycles. The molecule has 3 rings (SSSR count). The van der Waals surface area contributed by atoms with Crippen LogP contribution in [0, 0.1) is 0 Å². The van der Waals surface area contributed by atoms with Crippen molar-refractivity contribution in [2.75, 3.05) is 32.7 Å². The first-order chi connectivity index (χ1) is 11.6. The Balaban J connectivity index is 1.60. The van der Waals surface area contributed by atoms with E-state index < -0.39 is 17.1 Å². The van der Waals surface area contributed by atoms with E-state index in [2.05, 4.69) is 10.1 Å². The van der Waals surface area contributed by atoms with Gasteiger partial charge in [0.05, 0.1) is 12.1 Å². The van der Waals surface area contributed by atoms with Crippen LogP contribution in [0.5, 0.6) is 0 Å². The molecule has 0 radical (unpaired) electrons. The van der Waals surface area contributed by atoms with Crippen LogP contribution in [0.4, 0.5) is 8.78 Å². The van der Waals surface area contributed by atoms with Gasteiger partial charge in [-0.3, -0.25) is 9.69 Å². The van der Waals surface area contributed by atoms with Gasteiger partial charge in [-0.1, -0.05) is 0 Å². The molecule has 2 aliphatic rings. The smallest absolute Gasteiger partial charge is 0.250 e. The predicted molar refractivity (Wildman–Crippen MR) is 86.1 cm³/mol. The number of aromatic nitrogens is 3. The number of carbonyl (C=O) groups excluding carboxylic acids is 1. The van der Waals surface area contributed by atoms with Gasteiger partial charge in [0.1, 0.15) is 18.2 Å². The number of alkyl halides is 2. The minimum atomic E-state index is -2.60. The zero-order chi connectivity index (χ0) is 18.3. The largest absolute Gasteiger partial charge is 0.387 e. The van der Waals surface area contributed by atoms with Crippen molar-refractivity contribution in [2.45, 2.75) is 50.2 Å². The lowest BCUT2D eigenvalue weighted by Gasteiger charge is -2.36. The zero-order valence-electron chi connectivity index (χ0n) is 14.7. The van der Waals surface area contributed by atoms with Crippen molar-refractivity contribution < 1.29 is 18.7 Å². The summed E-state index contributed by atoms with van der Waals surface area (Å²) in [7, 11) is 0. The summed E-state index contributed by atoms with van der Waals surface area (Å²) in [4.78, 5) is 20.2. The van der Waals surface area contributed by atoms with Gasteiger partial charge in [-0.15, -0.1) is 0 Å². The number of likely N-dealkylation sites (tertiary alicyclic amines) is 2. The SMILES string of the molecule is CC(C)(C(=O)N1CCC(O)(CN2CCC(F)(F)CC2)C1)n1cncn1. The Morgan fingerprint density at radius 1 is 1.24 bits per heavy atom. The van der Waals surface area contributed by atoms with Crippen LogP contribution in [0.3, 0.4) is 0 Å². The summed E-state index contributed by atoms with van der Waals surface area (Å²) in [6, 6.07) is 0. The second-order valence-corrected chi connectivity index (χ2v) is 7.73. The van der Waals surface area contributed by atoms with E-state index in [1.54, 1.807) is 18.7 Å². The normalized spacial score (nSPS) is 27.6. The Hall–Kier alpha value is -1.61. The molecule has 25 heavy (non-hydrogen) atoms. The van der Waals surface area contributed by atoms with Gasteiger partial charge in [0.15, 0.2) is 0 Å². The molecule has 1 atom stereocenters. The van der Waals surface area contributed by atoms with E-state index in [9.17, 15) is 18.7 Å². The number of carbonyl (C=O) groups is 1. The molecule has 1 aromatic rings. The number of rotatable bonds is 4.